The lowest BCUT2D eigenvalue weighted by Gasteiger charge is -2.32. The van der Waals surface area contributed by atoms with Crippen LogP contribution in [0.2, 0.25) is 0 Å². The standard InChI is InChI=1S/C16H22FNO/c1-13-9-11-18(12-10-13)16(17)8-7-15(19)14-5-3-2-4-6-14/h2-6,13,16H,7-12H2,1H3. The van der Waals surface area contributed by atoms with E-state index in [1.807, 2.05) is 23.1 Å². The molecule has 0 aromatic heterocycles. The second-order valence-electron chi connectivity index (χ2n) is 5.48. The van der Waals surface area contributed by atoms with Crippen molar-refractivity contribution in [3.05, 3.63) is 35.9 Å². The summed E-state index contributed by atoms with van der Waals surface area (Å²) in [5, 5.41) is 0. The second-order valence-corrected chi connectivity index (χ2v) is 5.48. The Kier molecular flexibility index (Phi) is 5.08. The van der Waals surface area contributed by atoms with E-state index >= 15 is 0 Å². The number of likely N-dealkylation sites (tertiary alicyclic amines) is 1. The van der Waals surface area contributed by atoms with E-state index in [1.54, 1.807) is 12.1 Å². The number of rotatable bonds is 5. The van der Waals surface area contributed by atoms with Gasteiger partial charge in [0, 0.05) is 25.1 Å². The van der Waals surface area contributed by atoms with E-state index in [0.29, 0.717) is 17.9 Å². The fourth-order valence-electron chi connectivity index (χ4n) is 2.51. The molecule has 1 aromatic carbocycles. The van der Waals surface area contributed by atoms with Gasteiger partial charge in [-0.05, 0) is 25.2 Å². The molecule has 0 radical (unpaired) electrons. The summed E-state index contributed by atoms with van der Waals surface area (Å²) in [6.07, 6.45) is 1.75. The van der Waals surface area contributed by atoms with Crippen molar-refractivity contribution in [1.82, 2.24) is 4.90 Å². The summed E-state index contributed by atoms with van der Waals surface area (Å²) < 4.78 is 14.1. The van der Waals surface area contributed by atoms with E-state index in [-0.39, 0.29) is 12.2 Å². The summed E-state index contributed by atoms with van der Waals surface area (Å²) in [6, 6.07) is 9.14. The van der Waals surface area contributed by atoms with Crippen LogP contribution < -0.4 is 0 Å². The minimum absolute atomic E-state index is 0.0358. The molecule has 0 spiro atoms. The maximum atomic E-state index is 14.1. The van der Waals surface area contributed by atoms with Crippen LogP contribution in [0.5, 0.6) is 0 Å². The van der Waals surface area contributed by atoms with Gasteiger partial charge in [0.2, 0.25) is 0 Å². The summed E-state index contributed by atoms with van der Waals surface area (Å²) in [6.45, 7) is 3.85. The van der Waals surface area contributed by atoms with Gasteiger partial charge < -0.3 is 0 Å². The monoisotopic (exact) mass is 263 g/mol. The van der Waals surface area contributed by atoms with E-state index in [2.05, 4.69) is 6.92 Å². The van der Waals surface area contributed by atoms with Crippen molar-refractivity contribution in [3.8, 4) is 0 Å². The largest absolute Gasteiger partial charge is 0.294 e. The topological polar surface area (TPSA) is 20.3 Å². The first-order valence-electron chi connectivity index (χ1n) is 7.13. The molecule has 1 aromatic rings. The number of carbonyl (C=O) groups is 1. The third kappa shape index (κ3) is 4.13. The molecule has 1 aliphatic heterocycles. The maximum Gasteiger partial charge on any atom is 0.163 e. The lowest BCUT2D eigenvalue weighted by molar-refractivity contribution is 0.0427. The molecule has 0 saturated carbocycles. The van der Waals surface area contributed by atoms with Gasteiger partial charge in [-0.2, -0.15) is 0 Å². The zero-order valence-electron chi connectivity index (χ0n) is 11.5. The second kappa shape index (κ2) is 6.80. The Morgan fingerprint density at radius 2 is 1.95 bits per heavy atom. The zero-order chi connectivity index (χ0) is 13.7. The van der Waals surface area contributed by atoms with E-state index in [1.165, 1.54) is 0 Å². The van der Waals surface area contributed by atoms with Crippen molar-refractivity contribution in [2.75, 3.05) is 13.1 Å². The van der Waals surface area contributed by atoms with E-state index < -0.39 is 6.30 Å². The van der Waals surface area contributed by atoms with Gasteiger partial charge in [-0.25, -0.2) is 4.39 Å². The van der Waals surface area contributed by atoms with Gasteiger partial charge >= 0.3 is 0 Å². The van der Waals surface area contributed by atoms with E-state index in [4.69, 9.17) is 0 Å². The quantitative estimate of drug-likeness (QED) is 0.596. The molecule has 1 atom stereocenters. The number of halogens is 1. The average Bonchev–Trinajstić information content (AvgIpc) is 2.46. The van der Waals surface area contributed by atoms with Crippen LogP contribution in [-0.2, 0) is 0 Å². The number of alkyl halides is 1. The molecule has 1 saturated heterocycles. The molecule has 0 N–H and O–H groups in total. The normalized spacial score (nSPS) is 19.3. The first-order valence-corrected chi connectivity index (χ1v) is 7.13. The summed E-state index contributed by atoms with van der Waals surface area (Å²) in [5.41, 5.74) is 0.682. The Labute approximate surface area is 114 Å². The smallest absolute Gasteiger partial charge is 0.163 e. The molecule has 1 unspecified atom stereocenters. The average molecular weight is 263 g/mol. The van der Waals surface area contributed by atoms with Crippen LogP contribution in [0, 0.1) is 5.92 Å². The summed E-state index contributed by atoms with van der Waals surface area (Å²) in [5.74, 6) is 0.739. The molecule has 104 valence electrons. The molecule has 2 nitrogen and oxygen atoms in total. The fourth-order valence-corrected chi connectivity index (χ4v) is 2.51. The number of carbonyl (C=O) groups excluding carboxylic acids is 1. The van der Waals surface area contributed by atoms with Crippen LogP contribution in [0.1, 0.15) is 43.0 Å². The lowest BCUT2D eigenvalue weighted by atomic mass is 9.98. The van der Waals surface area contributed by atoms with Gasteiger partial charge in [0.25, 0.3) is 0 Å². The molecule has 1 fully saturated rings. The highest BCUT2D eigenvalue weighted by molar-refractivity contribution is 5.95. The zero-order valence-corrected chi connectivity index (χ0v) is 11.5. The number of hydrogen-bond donors (Lipinski definition) is 0. The Balaban J connectivity index is 1.77. The highest BCUT2D eigenvalue weighted by Crippen LogP contribution is 2.21. The third-order valence-electron chi connectivity index (χ3n) is 3.92. The van der Waals surface area contributed by atoms with Gasteiger partial charge in [-0.1, -0.05) is 37.3 Å². The van der Waals surface area contributed by atoms with Crippen molar-refractivity contribution in [2.45, 2.75) is 38.9 Å². The molecule has 3 heteroatoms. The number of benzene rings is 1. The Bertz CT molecular complexity index is 398. The Hall–Kier alpha value is -1.22. The molecule has 1 aliphatic rings. The predicted octanol–water partition coefficient (Wildman–Crippen LogP) is 3.68. The molecule has 1 heterocycles. The van der Waals surface area contributed by atoms with E-state index in [0.717, 1.165) is 25.9 Å². The third-order valence-corrected chi connectivity index (χ3v) is 3.92. The Morgan fingerprint density at radius 1 is 1.32 bits per heavy atom. The van der Waals surface area contributed by atoms with Gasteiger partial charge in [-0.15, -0.1) is 0 Å². The van der Waals surface area contributed by atoms with Crippen molar-refractivity contribution in [1.29, 1.82) is 0 Å². The molecule has 19 heavy (non-hydrogen) atoms. The van der Waals surface area contributed by atoms with Crippen molar-refractivity contribution < 1.29 is 9.18 Å². The lowest BCUT2D eigenvalue weighted by Crippen LogP contribution is -2.38. The van der Waals surface area contributed by atoms with Crippen molar-refractivity contribution in [2.24, 2.45) is 5.92 Å². The number of ketones is 1. The number of Topliss-reactive ketones (excluding diaryl/α,β-unsaturated/α-hetero) is 1. The summed E-state index contributed by atoms with van der Waals surface area (Å²) >= 11 is 0. The first-order chi connectivity index (χ1) is 9.16. The van der Waals surface area contributed by atoms with Crippen LogP contribution in [0.25, 0.3) is 0 Å². The minimum atomic E-state index is -0.972. The predicted molar refractivity (Wildman–Crippen MR) is 74.9 cm³/mol. The summed E-state index contributed by atoms with van der Waals surface area (Å²) in [7, 11) is 0. The van der Waals surface area contributed by atoms with Gasteiger partial charge in [0.1, 0.15) is 0 Å². The molecule has 2 rings (SSSR count). The summed E-state index contributed by atoms with van der Waals surface area (Å²) in [4.78, 5) is 13.8. The fraction of sp³-hybridized carbons (Fsp3) is 0.562. The molecule has 0 bridgehead atoms. The first kappa shape index (κ1) is 14.2. The Morgan fingerprint density at radius 3 is 2.58 bits per heavy atom. The van der Waals surface area contributed by atoms with Crippen molar-refractivity contribution in [3.63, 3.8) is 0 Å². The highest BCUT2D eigenvalue weighted by atomic mass is 19.1. The molecule has 0 amide bonds. The van der Waals surface area contributed by atoms with Gasteiger partial charge in [0.05, 0.1) is 0 Å². The van der Waals surface area contributed by atoms with Gasteiger partial charge in [-0.3, -0.25) is 9.69 Å². The molecule has 0 aliphatic carbocycles. The molecular formula is C16H22FNO. The highest BCUT2D eigenvalue weighted by Gasteiger charge is 2.23. The van der Waals surface area contributed by atoms with E-state index in [9.17, 15) is 9.18 Å². The SMILES string of the molecule is CC1CCN(C(F)CCC(=O)c2ccccc2)CC1. The van der Waals surface area contributed by atoms with Crippen LogP contribution in [0.3, 0.4) is 0 Å². The van der Waals surface area contributed by atoms with Crippen LogP contribution in [-0.4, -0.2) is 30.1 Å². The van der Waals surface area contributed by atoms with Crippen LogP contribution >= 0.6 is 0 Å². The maximum absolute atomic E-state index is 14.1. The minimum Gasteiger partial charge on any atom is -0.294 e. The number of piperidine rings is 1. The molecular weight excluding hydrogens is 241 g/mol. The van der Waals surface area contributed by atoms with Crippen molar-refractivity contribution >= 4 is 5.78 Å². The van der Waals surface area contributed by atoms with Crippen LogP contribution in [0.15, 0.2) is 30.3 Å². The van der Waals surface area contributed by atoms with Gasteiger partial charge in [0.15, 0.2) is 12.1 Å². The number of nitrogens with zero attached hydrogens (tertiary/aromatic N) is 1. The number of hydrogen-bond acceptors (Lipinski definition) is 2. The van der Waals surface area contributed by atoms with Crippen LogP contribution in [0.4, 0.5) is 4.39 Å².